The molecule has 2 N–H and O–H groups in total. The molecule has 0 saturated carbocycles. The Morgan fingerprint density at radius 2 is 2.27 bits per heavy atom. The number of hydrogen-bond donors (Lipinski definition) is 1. The Labute approximate surface area is 88.8 Å². The molecule has 0 aliphatic carbocycles. The minimum absolute atomic E-state index is 0.115. The van der Waals surface area contributed by atoms with Crippen molar-refractivity contribution in [2.75, 3.05) is 13.2 Å². The second-order valence-corrected chi connectivity index (χ2v) is 3.42. The van der Waals surface area contributed by atoms with Gasteiger partial charge in [-0.1, -0.05) is 12.5 Å². The van der Waals surface area contributed by atoms with Crippen LogP contribution in [0.1, 0.15) is 25.7 Å². The van der Waals surface area contributed by atoms with E-state index in [0.717, 1.165) is 19.3 Å². The summed E-state index contributed by atoms with van der Waals surface area (Å²) in [5.41, 5.74) is 5.00. The highest BCUT2D eigenvalue weighted by Gasteiger charge is 2.13. The van der Waals surface area contributed by atoms with Gasteiger partial charge in [0.25, 0.3) is 5.91 Å². The first kappa shape index (κ1) is 11.7. The average Bonchev–Trinajstić information content (AvgIpc) is 2.20. The van der Waals surface area contributed by atoms with Crippen molar-refractivity contribution in [2.45, 2.75) is 25.7 Å². The number of hydrogen-bond acceptors (Lipinski definition) is 3. The Morgan fingerprint density at radius 1 is 1.47 bits per heavy atom. The number of unbranched alkanes of at least 4 members (excludes halogenated alkanes) is 2. The number of nitrogens with two attached hydrogens (primary N) is 1. The average molecular weight is 212 g/mol. The monoisotopic (exact) mass is 212 g/mol. The Balaban J connectivity index is 2.07. The maximum absolute atomic E-state index is 11.2. The van der Waals surface area contributed by atoms with Crippen molar-refractivity contribution in [2.24, 2.45) is 5.73 Å². The van der Waals surface area contributed by atoms with E-state index in [4.69, 9.17) is 10.6 Å². The molecule has 1 heterocycles. The van der Waals surface area contributed by atoms with E-state index in [-0.39, 0.29) is 11.8 Å². The van der Waals surface area contributed by atoms with Crippen molar-refractivity contribution in [1.29, 1.82) is 0 Å². The summed E-state index contributed by atoms with van der Waals surface area (Å²) >= 11 is 0. The second kappa shape index (κ2) is 6.19. The van der Waals surface area contributed by atoms with Crippen molar-refractivity contribution < 1.29 is 14.4 Å². The van der Waals surface area contributed by atoms with Crippen LogP contribution in [-0.4, -0.2) is 30.0 Å². The van der Waals surface area contributed by atoms with Gasteiger partial charge < -0.3 is 5.73 Å². The van der Waals surface area contributed by atoms with Crippen LogP contribution in [0.25, 0.3) is 0 Å². The first-order valence-electron chi connectivity index (χ1n) is 5.09. The maximum atomic E-state index is 11.2. The standard InChI is InChI=1S/C10H16N2O3/c11-9(13)5-2-1-3-7-12-10(14)6-4-8-15-12/h4,6H,1-3,5,7-8H2,(H2,11,13). The highest BCUT2D eigenvalue weighted by Crippen LogP contribution is 2.05. The highest BCUT2D eigenvalue weighted by molar-refractivity contribution is 5.87. The van der Waals surface area contributed by atoms with E-state index < -0.39 is 0 Å². The van der Waals surface area contributed by atoms with Gasteiger partial charge in [-0.25, -0.2) is 5.06 Å². The van der Waals surface area contributed by atoms with Gasteiger partial charge >= 0.3 is 0 Å². The first-order valence-corrected chi connectivity index (χ1v) is 5.09. The molecule has 0 bridgehead atoms. The quantitative estimate of drug-likeness (QED) is 0.646. The normalized spacial score (nSPS) is 15.7. The molecule has 1 rings (SSSR count). The first-order chi connectivity index (χ1) is 7.20. The molecule has 0 unspecified atom stereocenters. The van der Waals surface area contributed by atoms with Crippen LogP contribution in [0.5, 0.6) is 0 Å². The van der Waals surface area contributed by atoms with Crippen LogP contribution < -0.4 is 5.73 Å². The predicted octanol–water partition coefficient (Wildman–Crippen LogP) is 0.362. The molecular formula is C10H16N2O3. The lowest BCUT2D eigenvalue weighted by molar-refractivity contribution is -0.180. The van der Waals surface area contributed by atoms with Crippen LogP contribution in [0.15, 0.2) is 12.2 Å². The predicted molar refractivity (Wildman–Crippen MR) is 54.5 cm³/mol. The van der Waals surface area contributed by atoms with E-state index in [1.54, 1.807) is 6.08 Å². The molecule has 1 aliphatic heterocycles. The molecule has 0 atom stereocenters. The molecule has 0 radical (unpaired) electrons. The molecule has 15 heavy (non-hydrogen) atoms. The largest absolute Gasteiger partial charge is 0.370 e. The third-order valence-electron chi connectivity index (χ3n) is 2.12. The van der Waals surface area contributed by atoms with Gasteiger partial charge in [0.1, 0.15) is 0 Å². The van der Waals surface area contributed by atoms with Crippen LogP contribution >= 0.6 is 0 Å². The summed E-state index contributed by atoms with van der Waals surface area (Å²) in [5.74, 6) is -0.389. The summed E-state index contributed by atoms with van der Waals surface area (Å²) in [6.07, 6.45) is 6.08. The zero-order valence-electron chi connectivity index (χ0n) is 8.65. The summed E-state index contributed by atoms with van der Waals surface area (Å²) in [4.78, 5) is 26.8. The Kier molecular flexibility index (Phi) is 4.83. The fourth-order valence-electron chi connectivity index (χ4n) is 1.33. The summed E-state index contributed by atoms with van der Waals surface area (Å²) in [7, 11) is 0. The molecule has 0 aromatic rings. The van der Waals surface area contributed by atoms with E-state index in [1.165, 1.54) is 11.1 Å². The zero-order valence-corrected chi connectivity index (χ0v) is 8.65. The molecule has 0 aromatic heterocycles. The third kappa shape index (κ3) is 4.60. The van der Waals surface area contributed by atoms with Crippen molar-refractivity contribution in [3.05, 3.63) is 12.2 Å². The minimum atomic E-state index is -0.275. The van der Waals surface area contributed by atoms with Crippen molar-refractivity contribution in [3.63, 3.8) is 0 Å². The summed E-state index contributed by atoms with van der Waals surface area (Å²) < 4.78 is 0. The van der Waals surface area contributed by atoms with Crippen LogP contribution in [0, 0.1) is 0 Å². The van der Waals surface area contributed by atoms with Crippen LogP contribution in [0.3, 0.4) is 0 Å². The van der Waals surface area contributed by atoms with Crippen LogP contribution in [-0.2, 0) is 14.4 Å². The molecule has 5 nitrogen and oxygen atoms in total. The molecule has 0 spiro atoms. The van der Waals surface area contributed by atoms with Gasteiger partial charge in [0.05, 0.1) is 6.61 Å². The van der Waals surface area contributed by atoms with E-state index in [2.05, 4.69) is 0 Å². The van der Waals surface area contributed by atoms with Gasteiger partial charge in [-0.15, -0.1) is 0 Å². The lowest BCUT2D eigenvalue weighted by Gasteiger charge is -2.22. The van der Waals surface area contributed by atoms with Crippen molar-refractivity contribution >= 4 is 11.8 Å². The molecule has 0 fully saturated rings. The molecule has 0 aromatic carbocycles. The molecule has 1 aliphatic rings. The molecular weight excluding hydrogens is 196 g/mol. The van der Waals surface area contributed by atoms with Crippen LogP contribution in [0.4, 0.5) is 0 Å². The minimum Gasteiger partial charge on any atom is -0.370 e. The van der Waals surface area contributed by atoms with Gasteiger partial charge in [-0.05, 0) is 12.8 Å². The van der Waals surface area contributed by atoms with Crippen molar-refractivity contribution in [3.8, 4) is 0 Å². The van der Waals surface area contributed by atoms with E-state index in [1.807, 2.05) is 0 Å². The number of hydroxylamine groups is 2. The fraction of sp³-hybridized carbons (Fsp3) is 0.600. The topological polar surface area (TPSA) is 72.6 Å². The van der Waals surface area contributed by atoms with Gasteiger partial charge in [-0.2, -0.15) is 0 Å². The number of nitrogens with zero attached hydrogens (tertiary/aromatic N) is 1. The lowest BCUT2D eigenvalue weighted by Crippen LogP contribution is -2.33. The Bertz CT molecular complexity index is 263. The zero-order chi connectivity index (χ0) is 11.1. The Hall–Kier alpha value is -1.36. The van der Waals surface area contributed by atoms with Crippen LogP contribution in [0.2, 0.25) is 0 Å². The van der Waals surface area contributed by atoms with Gasteiger partial charge in [0, 0.05) is 19.0 Å². The smallest absolute Gasteiger partial charge is 0.269 e. The van der Waals surface area contributed by atoms with Gasteiger partial charge in [0.2, 0.25) is 5.91 Å². The van der Waals surface area contributed by atoms with Gasteiger partial charge in [-0.3, -0.25) is 14.4 Å². The van der Waals surface area contributed by atoms with E-state index >= 15 is 0 Å². The number of rotatable bonds is 6. The Morgan fingerprint density at radius 3 is 2.93 bits per heavy atom. The molecule has 2 amide bonds. The molecule has 5 heteroatoms. The highest BCUT2D eigenvalue weighted by atomic mass is 16.7. The number of carbonyl (C=O) groups is 2. The second-order valence-electron chi connectivity index (χ2n) is 3.42. The van der Waals surface area contributed by atoms with E-state index in [9.17, 15) is 9.59 Å². The SMILES string of the molecule is NC(=O)CCCCCN1OCC=CC1=O. The van der Waals surface area contributed by atoms with Crippen molar-refractivity contribution in [1.82, 2.24) is 5.06 Å². The third-order valence-corrected chi connectivity index (χ3v) is 2.12. The van der Waals surface area contributed by atoms with Gasteiger partial charge in [0.15, 0.2) is 0 Å². The maximum Gasteiger partial charge on any atom is 0.269 e. The van der Waals surface area contributed by atoms with E-state index in [0.29, 0.717) is 19.6 Å². The lowest BCUT2D eigenvalue weighted by atomic mass is 10.2. The summed E-state index contributed by atoms with van der Waals surface area (Å²) in [5, 5.41) is 1.35. The number of amides is 2. The number of primary amides is 1. The summed E-state index contributed by atoms with van der Waals surface area (Å²) in [6, 6.07) is 0. The number of carbonyl (C=O) groups excluding carboxylic acids is 2. The molecule has 0 saturated heterocycles. The molecule has 84 valence electrons. The fourth-order valence-corrected chi connectivity index (χ4v) is 1.33. The summed E-state index contributed by atoms with van der Waals surface area (Å²) in [6.45, 7) is 1.02.